The van der Waals surface area contributed by atoms with E-state index in [0.29, 0.717) is 6.04 Å². The van der Waals surface area contributed by atoms with Crippen molar-refractivity contribution in [3.63, 3.8) is 0 Å². The summed E-state index contributed by atoms with van der Waals surface area (Å²) in [6, 6.07) is 18.4. The molecule has 0 amide bonds. The molecule has 112 valence electrons. The standard InChI is InChI=1S/C20H27N/c1-4-21-20(15-19-11-7-17(3)8-12-19)14-13-18-9-5-16(2)6-10-18/h5-12,20-21H,4,13-15H2,1-3H3. The summed E-state index contributed by atoms with van der Waals surface area (Å²) < 4.78 is 0. The summed E-state index contributed by atoms with van der Waals surface area (Å²) in [6.07, 6.45) is 3.44. The third-order valence-corrected chi connectivity index (χ3v) is 4.00. The van der Waals surface area contributed by atoms with Crippen LogP contribution in [0, 0.1) is 13.8 Å². The van der Waals surface area contributed by atoms with Crippen molar-refractivity contribution in [3.8, 4) is 0 Å². The maximum Gasteiger partial charge on any atom is 0.0110 e. The molecule has 0 aliphatic heterocycles. The van der Waals surface area contributed by atoms with Crippen LogP contribution in [0.15, 0.2) is 48.5 Å². The third kappa shape index (κ3) is 5.35. The van der Waals surface area contributed by atoms with Gasteiger partial charge in [-0.25, -0.2) is 0 Å². The Balaban J connectivity index is 1.92. The van der Waals surface area contributed by atoms with Crippen molar-refractivity contribution >= 4 is 0 Å². The molecular formula is C20H27N. The van der Waals surface area contributed by atoms with Gasteiger partial charge in [0.1, 0.15) is 0 Å². The number of aryl methyl sites for hydroxylation is 3. The second-order valence-electron chi connectivity index (χ2n) is 5.97. The Morgan fingerprint density at radius 3 is 1.86 bits per heavy atom. The highest BCUT2D eigenvalue weighted by atomic mass is 14.9. The number of nitrogens with one attached hydrogen (secondary N) is 1. The molecule has 0 aromatic heterocycles. The molecule has 0 spiro atoms. The van der Waals surface area contributed by atoms with E-state index < -0.39 is 0 Å². The van der Waals surface area contributed by atoms with Crippen LogP contribution < -0.4 is 5.32 Å². The van der Waals surface area contributed by atoms with Crippen LogP contribution >= 0.6 is 0 Å². The van der Waals surface area contributed by atoms with Crippen molar-refractivity contribution in [3.05, 3.63) is 70.8 Å². The van der Waals surface area contributed by atoms with Crippen molar-refractivity contribution < 1.29 is 0 Å². The van der Waals surface area contributed by atoms with Crippen LogP contribution in [0.25, 0.3) is 0 Å². The van der Waals surface area contributed by atoms with E-state index in [4.69, 9.17) is 0 Å². The van der Waals surface area contributed by atoms with E-state index in [2.05, 4.69) is 74.6 Å². The monoisotopic (exact) mass is 281 g/mol. The molecule has 0 heterocycles. The average Bonchev–Trinajstić information content (AvgIpc) is 2.49. The van der Waals surface area contributed by atoms with E-state index in [1.807, 2.05) is 0 Å². The molecule has 2 aromatic carbocycles. The van der Waals surface area contributed by atoms with Gasteiger partial charge < -0.3 is 5.32 Å². The molecule has 2 aromatic rings. The molecule has 0 aliphatic carbocycles. The van der Waals surface area contributed by atoms with Crippen LogP contribution in [-0.4, -0.2) is 12.6 Å². The zero-order valence-electron chi connectivity index (χ0n) is 13.5. The highest BCUT2D eigenvalue weighted by molar-refractivity contribution is 5.23. The molecule has 2 rings (SSSR count). The summed E-state index contributed by atoms with van der Waals surface area (Å²) in [5.41, 5.74) is 5.53. The van der Waals surface area contributed by atoms with Crippen LogP contribution in [0.1, 0.15) is 35.6 Å². The van der Waals surface area contributed by atoms with Crippen molar-refractivity contribution in [2.75, 3.05) is 6.54 Å². The molecule has 1 heteroatoms. The lowest BCUT2D eigenvalue weighted by atomic mass is 9.98. The summed E-state index contributed by atoms with van der Waals surface area (Å²) in [4.78, 5) is 0. The molecule has 0 fully saturated rings. The van der Waals surface area contributed by atoms with Crippen LogP contribution in [-0.2, 0) is 12.8 Å². The van der Waals surface area contributed by atoms with Gasteiger partial charge in [-0.3, -0.25) is 0 Å². The summed E-state index contributed by atoms with van der Waals surface area (Å²) in [5, 5.41) is 3.63. The summed E-state index contributed by atoms with van der Waals surface area (Å²) >= 11 is 0. The average molecular weight is 281 g/mol. The van der Waals surface area contributed by atoms with Crippen molar-refractivity contribution in [2.45, 2.75) is 46.1 Å². The number of benzene rings is 2. The van der Waals surface area contributed by atoms with Crippen LogP contribution in [0.4, 0.5) is 0 Å². The Bertz CT molecular complexity index is 525. The molecule has 0 radical (unpaired) electrons. The van der Waals surface area contributed by atoms with Crippen molar-refractivity contribution in [2.24, 2.45) is 0 Å². The maximum absolute atomic E-state index is 3.63. The second-order valence-corrected chi connectivity index (χ2v) is 5.97. The Morgan fingerprint density at radius 1 is 0.810 bits per heavy atom. The number of hydrogen-bond donors (Lipinski definition) is 1. The van der Waals surface area contributed by atoms with E-state index in [0.717, 1.165) is 19.4 Å². The summed E-state index contributed by atoms with van der Waals surface area (Å²) in [6.45, 7) is 7.50. The first-order chi connectivity index (χ1) is 10.2. The first kappa shape index (κ1) is 15.8. The highest BCUT2D eigenvalue weighted by Gasteiger charge is 2.08. The zero-order valence-corrected chi connectivity index (χ0v) is 13.5. The predicted octanol–water partition coefficient (Wildman–Crippen LogP) is 4.46. The van der Waals surface area contributed by atoms with Gasteiger partial charge >= 0.3 is 0 Å². The van der Waals surface area contributed by atoms with Crippen LogP contribution in [0.5, 0.6) is 0 Å². The van der Waals surface area contributed by atoms with Gasteiger partial charge in [0.05, 0.1) is 0 Å². The van der Waals surface area contributed by atoms with Crippen molar-refractivity contribution in [1.29, 1.82) is 0 Å². The van der Waals surface area contributed by atoms with Crippen LogP contribution in [0.3, 0.4) is 0 Å². The van der Waals surface area contributed by atoms with Crippen molar-refractivity contribution in [1.82, 2.24) is 5.32 Å². The van der Waals surface area contributed by atoms with Crippen LogP contribution in [0.2, 0.25) is 0 Å². The maximum atomic E-state index is 3.63. The first-order valence-corrected chi connectivity index (χ1v) is 8.02. The molecule has 21 heavy (non-hydrogen) atoms. The molecule has 0 aliphatic rings. The van der Waals surface area contributed by atoms with Gasteiger partial charge in [-0.15, -0.1) is 0 Å². The zero-order chi connectivity index (χ0) is 15.1. The molecule has 0 bridgehead atoms. The lowest BCUT2D eigenvalue weighted by Crippen LogP contribution is -2.31. The smallest absolute Gasteiger partial charge is 0.0110 e. The third-order valence-electron chi connectivity index (χ3n) is 4.00. The molecule has 1 nitrogen and oxygen atoms in total. The lowest BCUT2D eigenvalue weighted by molar-refractivity contribution is 0.491. The molecule has 1 N–H and O–H groups in total. The van der Waals surface area contributed by atoms with Gasteiger partial charge in [0.15, 0.2) is 0 Å². The fraction of sp³-hybridized carbons (Fsp3) is 0.400. The molecule has 0 saturated heterocycles. The second kappa shape index (κ2) is 7.99. The van der Waals surface area contributed by atoms with Gasteiger partial charge in [-0.1, -0.05) is 66.6 Å². The number of likely N-dealkylation sites (N-methyl/N-ethyl adjacent to an activating group) is 1. The Hall–Kier alpha value is -1.60. The minimum atomic E-state index is 0.555. The van der Waals surface area contributed by atoms with E-state index in [-0.39, 0.29) is 0 Å². The van der Waals surface area contributed by atoms with Gasteiger partial charge in [-0.2, -0.15) is 0 Å². The van der Waals surface area contributed by atoms with E-state index in [1.165, 1.54) is 28.7 Å². The fourth-order valence-electron chi connectivity index (χ4n) is 2.67. The Labute approximate surface area is 129 Å². The highest BCUT2D eigenvalue weighted by Crippen LogP contribution is 2.12. The summed E-state index contributed by atoms with van der Waals surface area (Å²) in [5.74, 6) is 0. The normalized spacial score (nSPS) is 12.3. The topological polar surface area (TPSA) is 12.0 Å². The fourth-order valence-corrected chi connectivity index (χ4v) is 2.67. The Morgan fingerprint density at radius 2 is 1.33 bits per heavy atom. The first-order valence-electron chi connectivity index (χ1n) is 8.02. The van der Waals surface area contributed by atoms with Gasteiger partial charge in [-0.05, 0) is 50.8 Å². The molecular weight excluding hydrogens is 254 g/mol. The van der Waals surface area contributed by atoms with E-state index in [1.54, 1.807) is 0 Å². The quantitative estimate of drug-likeness (QED) is 0.790. The Kier molecular flexibility index (Phi) is 6.01. The van der Waals surface area contributed by atoms with Gasteiger partial charge in [0.2, 0.25) is 0 Å². The minimum Gasteiger partial charge on any atom is -0.314 e. The molecule has 1 atom stereocenters. The van der Waals surface area contributed by atoms with E-state index >= 15 is 0 Å². The molecule has 1 unspecified atom stereocenters. The van der Waals surface area contributed by atoms with Gasteiger partial charge in [0.25, 0.3) is 0 Å². The SMILES string of the molecule is CCNC(CCc1ccc(C)cc1)Cc1ccc(C)cc1. The van der Waals surface area contributed by atoms with Gasteiger partial charge in [0, 0.05) is 6.04 Å². The number of hydrogen-bond acceptors (Lipinski definition) is 1. The lowest BCUT2D eigenvalue weighted by Gasteiger charge is -2.18. The molecule has 0 saturated carbocycles. The minimum absolute atomic E-state index is 0.555. The number of rotatable bonds is 7. The van der Waals surface area contributed by atoms with E-state index in [9.17, 15) is 0 Å². The predicted molar refractivity (Wildman–Crippen MR) is 91.8 cm³/mol. The largest absolute Gasteiger partial charge is 0.314 e. The summed E-state index contributed by atoms with van der Waals surface area (Å²) in [7, 11) is 0.